The van der Waals surface area contributed by atoms with Crippen molar-refractivity contribution in [2.24, 2.45) is 0 Å². The van der Waals surface area contributed by atoms with E-state index in [2.05, 4.69) is 32.9 Å². The Balaban J connectivity index is 4.13. The number of hydrogen-bond acceptors (Lipinski definition) is 6. The first-order valence-electron chi connectivity index (χ1n) is 32.7. The van der Waals surface area contributed by atoms with E-state index >= 15 is 0 Å². The third-order valence-corrected chi connectivity index (χ3v) is 15.0. The largest absolute Gasteiger partial charge is 0.462 e. The fraction of sp³-hybridized carbons (Fsp3) is 0.924. The van der Waals surface area contributed by atoms with Gasteiger partial charge in [0.15, 0.2) is 6.10 Å². The summed E-state index contributed by atoms with van der Waals surface area (Å²) >= 11 is 0. The molecule has 6 nitrogen and oxygen atoms in total. The molecule has 426 valence electrons. The van der Waals surface area contributed by atoms with Gasteiger partial charge in [0.1, 0.15) is 13.2 Å². The van der Waals surface area contributed by atoms with E-state index in [1.807, 2.05) is 0 Å². The number of hydrogen-bond donors (Lipinski definition) is 0. The van der Waals surface area contributed by atoms with Crippen molar-refractivity contribution in [3.63, 3.8) is 0 Å². The summed E-state index contributed by atoms with van der Waals surface area (Å²) in [6.45, 7) is 6.68. The summed E-state index contributed by atoms with van der Waals surface area (Å²) in [5.41, 5.74) is 0. The zero-order valence-corrected chi connectivity index (χ0v) is 49.0. The lowest BCUT2D eigenvalue weighted by molar-refractivity contribution is -0.167. The summed E-state index contributed by atoms with van der Waals surface area (Å²) in [7, 11) is 0. The average molecular weight is 1020 g/mol. The SMILES string of the molecule is CCCCC/C=C\CCCCCCCC(=O)OCC(COC(=O)CCCCCCCCCCCCCCCCCCCCCCCCCCCCC)OC(=O)CCCCCCCCCCCCCCCCC. The van der Waals surface area contributed by atoms with Crippen LogP contribution in [-0.4, -0.2) is 37.2 Å². The first kappa shape index (κ1) is 70.1. The van der Waals surface area contributed by atoms with Gasteiger partial charge in [-0.25, -0.2) is 0 Å². The zero-order chi connectivity index (χ0) is 52.2. The zero-order valence-electron chi connectivity index (χ0n) is 49.0. The van der Waals surface area contributed by atoms with Crippen molar-refractivity contribution >= 4 is 17.9 Å². The molecule has 0 aliphatic carbocycles. The highest BCUT2D eigenvalue weighted by Crippen LogP contribution is 2.18. The molecular formula is C66H126O6. The normalized spacial score (nSPS) is 12.0. The third kappa shape index (κ3) is 59.0. The highest BCUT2D eigenvalue weighted by molar-refractivity contribution is 5.71. The Kier molecular flexibility index (Phi) is 60.1. The molecule has 0 aromatic carbocycles. The third-order valence-electron chi connectivity index (χ3n) is 15.0. The summed E-state index contributed by atoms with van der Waals surface area (Å²) < 4.78 is 16.9. The van der Waals surface area contributed by atoms with Gasteiger partial charge >= 0.3 is 17.9 Å². The van der Waals surface area contributed by atoms with Crippen LogP contribution in [0.3, 0.4) is 0 Å². The molecule has 0 spiro atoms. The molecule has 1 atom stereocenters. The maximum atomic E-state index is 12.9. The molecule has 0 aromatic heterocycles. The van der Waals surface area contributed by atoms with Crippen molar-refractivity contribution in [1.82, 2.24) is 0 Å². The molecule has 0 heterocycles. The van der Waals surface area contributed by atoms with E-state index in [0.717, 1.165) is 64.2 Å². The molecule has 0 amide bonds. The van der Waals surface area contributed by atoms with E-state index in [0.29, 0.717) is 19.3 Å². The molecule has 1 unspecified atom stereocenters. The smallest absolute Gasteiger partial charge is 0.306 e. The topological polar surface area (TPSA) is 78.9 Å². The lowest BCUT2D eigenvalue weighted by Crippen LogP contribution is -2.30. The van der Waals surface area contributed by atoms with E-state index in [1.54, 1.807) is 0 Å². The number of carbonyl (C=O) groups is 3. The predicted molar refractivity (Wildman–Crippen MR) is 312 cm³/mol. The summed E-state index contributed by atoms with van der Waals surface area (Å²) in [5.74, 6) is -0.847. The van der Waals surface area contributed by atoms with Gasteiger partial charge in [0.2, 0.25) is 0 Å². The maximum Gasteiger partial charge on any atom is 0.306 e. The van der Waals surface area contributed by atoms with Crippen molar-refractivity contribution in [3.8, 4) is 0 Å². The van der Waals surface area contributed by atoms with Gasteiger partial charge in [0.25, 0.3) is 0 Å². The van der Waals surface area contributed by atoms with Crippen LogP contribution in [0.5, 0.6) is 0 Å². The quantitative estimate of drug-likeness (QED) is 0.0261. The van der Waals surface area contributed by atoms with Crippen LogP contribution in [0.25, 0.3) is 0 Å². The van der Waals surface area contributed by atoms with Gasteiger partial charge in [0.05, 0.1) is 0 Å². The van der Waals surface area contributed by atoms with Crippen molar-refractivity contribution in [2.75, 3.05) is 13.2 Å². The first-order chi connectivity index (χ1) is 35.5. The fourth-order valence-electron chi connectivity index (χ4n) is 10.1. The molecule has 0 radical (unpaired) electrons. The highest BCUT2D eigenvalue weighted by atomic mass is 16.6. The Morgan fingerprint density at radius 2 is 0.458 bits per heavy atom. The molecule has 6 heteroatoms. The Morgan fingerprint density at radius 1 is 0.264 bits per heavy atom. The highest BCUT2D eigenvalue weighted by Gasteiger charge is 2.19. The van der Waals surface area contributed by atoms with Crippen LogP contribution >= 0.6 is 0 Å². The van der Waals surface area contributed by atoms with Crippen LogP contribution in [-0.2, 0) is 28.6 Å². The van der Waals surface area contributed by atoms with Crippen LogP contribution in [0.1, 0.15) is 374 Å². The fourth-order valence-corrected chi connectivity index (χ4v) is 10.1. The standard InChI is InChI=1S/C66H126O6/c1-4-7-10-13-16-19-22-25-27-28-29-30-31-32-33-34-35-36-37-38-40-41-44-47-50-53-56-59-65(68)71-62-63(61-70-64(67)58-55-52-49-46-43-24-21-18-15-12-9-6-3)72-66(69)60-57-54-51-48-45-42-39-26-23-20-17-14-11-8-5-2/h18,21,63H,4-17,19-20,22-62H2,1-3H3/b21-18-. The summed E-state index contributed by atoms with van der Waals surface area (Å²) in [4.78, 5) is 38.2. The van der Waals surface area contributed by atoms with E-state index < -0.39 is 6.10 Å². The van der Waals surface area contributed by atoms with Crippen LogP contribution in [0.15, 0.2) is 12.2 Å². The van der Waals surface area contributed by atoms with Crippen LogP contribution < -0.4 is 0 Å². The first-order valence-corrected chi connectivity index (χ1v) is 32.7. The molecule has 0 saturated carbocycles. The second kappa shape index (κ2) is 61.7. The van der Waals surface area contributed by atoms with E-state index in [9.17, 15) is 14.4 Å². The molecule has 0 bridgehead atoms. The van der Waals surface area contributed by atoms with E-state index in [1.165, 1.54) is 270 Å². The van der Waals surface area contributed by atoms with Crippen molar-refractivity contribution < 1.29 is 28.6 Å². The molecule has 0 aliphatic heterocycles. The lowest BCUT2D eigenvalue weighted by atomic mass is 10.0. The van der Waals surface area contributed by atoms with Crippen LogP contribution in [0.2, 0.25) is 0 Å². The van der Waals surface area contributed by atoms with Gasteiger partial charge in [-0.15, -0.1) is 0 Å². The van der Waals surface area contributed by atoms with Gasteiger partial charge in [-0.3, -0.25) is 14.4 Å². The number of carbonyl (C=O) groups excluding carboxylic acids is 3. The second-order valence-electron chi connectivity index (χ2n) is 22.4. The minimum absolute atomic E-state index is 0.0662. The van der Waals surface area contributed by atoms with E-state index in [-0.39, 0.29) is 31.1 Å². The summed E-state index contributed by atoms with van der Waals surface area (Å²) in [6, 6.07) is 0. The number of allylic oxidation sites excluding steroid dienone is 2. The molecule has 0 rings (SSSR count). The number of esters is 3. The van der Waals surface area contributed by atoms with Gasteiger partial charge in [-0.2, -0.15) is 0 Å². The minimum atomic E-state index is -0.768. The molecule has 0 aromatic rings. The Bertz CT molecular complexity index is 1120. The second-order valence-corrected chi connectivity index (χ2v) is 22.4. The predicted octanol–water partition coefficient (Wildman–Crippen LogP) is 22.1. The van der Waals surface area contributed by atoms with E-state index in [4.69, 9.17) is 14.2 Å². The van der Waals surface area contributed by atoms with Crippen molar-refractivity contribution in [1.29, 1.82) is 0 Å². The van der Waals surface area contributed by atoms with Crippen molar-refractivity contribution in [2.45, 2.75) is 380 Å². The van der Waals surface area contributed by atoms with Gasteiger partial charge in [-0.05, 0) is 44.9 Å². The average Bonchev–Trinajstić information content (AvgIpc) is 3.38. The Hall–Kier alpha value is -1.85. The van der Waals surface area contributed by atoms with Crippen LogP contribution in [0, 0.1) is 0 Å². The van der Waals surface area contributed by atoms with Gasteiger partial charge in [-0.1, -0.05) is 322 Å². The number of unbranched alkanes of at least 4 members (excludes halogenated alkanes) is 48. The van der Waals surface area contributed by atoms with Crippen molar-refractivity contribution in [3.05, 3.63) is 12.2 Å². The molecular weight excluding hydrogens is 889 g/mol. The summed E-state index contributed by atoms with van der Waals surface area (Å²) in [5, 5.41) is 0. The Labute approximate surface area is 450 Å². The molecule has 0 aliphatic rings. The number of rotatable bonds is 61. The Morgan fingerprint density at radius 3 is 0.722 bits per heavy atom. The maximum absolute atomic E-state index is 12.9. The van der Waals surface area contributed by atoms with Gasteiger partial charge in [0, 0.05) is 19.3 Å². The monoisotopic (exact) mass is 1010 g/mol. The lowest BCUT2D eigenvalue weighted by Gasteiger charge is -2.18. The molecule has 72 heavy (non-hydrogen) atoms. The summed E-state index contributed by atoms with van der Waals surface area (Å²) in [6.07, 6.45) is 72.4. The number of ether oxygens (including phenoxy) is 3. The molecule has 0 saturated heterocycles. The van der Waals surface area contributed by atoms with Crippen LogP contribution in [0.4, 0.5) is 0 Å². The van der Waals surface area contributed by atoms with Gasteiger partial charge < -0.3 is 14.2 Å². The molecule has 0 N–H and O–H groups in total. The minimum Gasteiger partial charge on any atom is -0.462 e. The molecule has 0 fully saturated rings.